The van der Waals surface area contributed by atoms with Gasteiger partial charge in [-0.3, -0.25) is 14.3 Å². The zero-order valence-corrected chi connectivity index (χ0v) is 18.6. The molecule has 5 heterocycles. The van der Waals surface area contributed by atoms with E-state index in [9.17, 15) is 18.4 Å². The lowest BCUT2D eigenvalue weighted by Crippen LogP contribution is -2.42. The fourth-order valence-corrected chi connectivity index (χ4v) is 4.72. The third-order valence-corrected chi connectivity index (χ3v) is 6.67. The SMILES string of the molecule is Cn1nccc1-c1nc(-c2cc(=O)n(C)cn2)nc2sc(C(=O)N3CCC(F)(F)CC3)cc12. The van der Waals surface area contributed by atoms with Gasteiger partial charge in [0.1, 0.15) is 16.2 Å². The van der Waals surface area contributed by atoms with Gasteiger partial charge >= 0.3 is 0 Å². The average Bonchev–Trinajstić information content (AvgIpc) is 3.40. The van der Waals surface area contributed by atoms with E-state index < -0.39 is 5.92 Å². The normalized spacial score (nSPS) is 15.8. The number of halogens is 2. The molecule has 0 aromatic carbocycles. The highest BCUT2D eigenvalue weighted by molar-refractivity contribution is 7.20. The van der Waals surface area contributed by atoms with Gasteiger partial charge in [0.05, 0.1) is 16.9 Å². The molecule has 0 radical (unpaired) electrons. The van der Waals surface area contributed by atoms with Gasteiger partial charge in [-0.1, -0.05) is 0 Å². The summed E-state index contributed by atoms with van der Waals surface area (Å²) in [4.78, 5) is 41.0. The van der Waals surface area contributed by atoms with Crippen LogP contribution in [-0.4, -0.2) is 59.1 Å². The van der Waals surface area contributed by atoms with Crippen molar-refractivity contribution in [2.75, 3.05) is 13.1 Å². The van der Waals surface area contributed by atoms with Gasteiger partial charge in [-0.25, -0.2) is 23.7 Å². The average molecular weight is 471 g/mol. The third-order valence-electron chi connectivity index (χ3n) is 5.66. The summed E-state index contributed by atoms with van der Waals surface area (Å²) in [6.45, 7) is 0.00560. The minimum absolute atomic E-state index is 0.00280. The Bertz CT molecular complexity index is 1430. The number of alkyl halides is 2. The van der Waals surface area contributed by atoms with Gasteiger partial charge in [-0.2, -0.15) is 5.10 Å². The number of aromatic nitrogens is 6. The highest BCUT2D eigenvalue weighted by Gasteiger charge is 2.36. The van der Waals surface area contributed by atoms with Gasteiger partial charge in [-0.05, 0) is 12.1 Å². The molecule has 0 unspecified atom stereocenters. The van der Waals surface area contributed by atoms with E-state index in [1.165, 1.54) is 21.9 Å². The molecule has 1 aliphatic heterocycles. The van der Waals surface area contributed by atoms with Crippen molar-refractivity contribution in [3.63, 3.8) is 0 Å². The second-order valence-electron chi connectivity index (χ2n) is 7.94. The second-order valence-corrected chi connectivity index (χ2v) is 8.97. The minimum atomic E-state index is -2.73. The Morgan fingerprint density at radius 2 is 1.91 bits per heavy atom. The number of thiophene rings is 1. The van der Waals surface area contributed by atoms with Crippen molar-refractivity contribution in [3.05, 3.63) is 46.0 Å². The van der Waals surface area contributed by atoms with Crippen LogP contribution in [0.15, 0.2) is 35.5 Å². The van der Waals surface area contributed by atoms with Crippen LogP contribution in [0.5, 0.6) is 0 Å². The summed E-state index contributed by atoms with van der Waals surface area (Å²) in [5, 5.41) is 4.84. The molecule has 4 aromatic rings. The lowest BCUT2D eigenvalue weighted by molar-refractivity contribution is -0.0493. The number of rotatable bonds is 3. The molecule has 1 fully saturated rings. The number of fused-ring (bicyclic) bond motifs is 1. The zero-order chi connectivity index (χ0) is 23.3. The van der Waals surface area contributed by atoms with Crippen LogP contribution < -0.4 is 5.56 Å². The Morgan fingerprint density at radius 3 is 2.58 bits per heavy atom. The number of hydrogen-bond donors (Lipinski definition) is 0. The maximum atomic E-state index is 13.5. The maximum absolute atomic E-state index is 13.5. The van der Waals surface area contributed by atoms with Gasteiger partial charge in [0.25, 0.3) is 17.4 Å². The number of hydrogen-bond acceptors (Lipinski definition) is 7. The lowest BCUT2D eigenvalue weighted by atomic mass is 10.1. The van der Waals surface area contributed by atoms with E-state index in [0.717, 1.165) is 11.3 Å². The molecular formula is C21H19F2N7O2S. The Hall–Kier alpha value is -3.54. The molecule has 12 heteroatoms. The summed E-state index contributed by atoms with van der Waals surface area (Å²) in [6.07, 6.45) is 2.33. The molecule has 1 amide bonds. The van der Waals surface area contributed by atoms with Crippen molar-refractivity contribution < 1.29 is 13.6 Å². The molecular weight excluding hydrogens is 452 g/mol. The quantitative estimate of drug-likeness (QED) is 0.456. The van der Waals surface area contributed by atoms with Gasteiger partial charge in [0, 0.05) is 57.7 Å². The van der Waals surface area contributed by atoms with Crippen molar-refractivity contribution in [3.8, 4) is 22.9 Å². The molecule has 9 nitrogen and oxygen atoms in total. The van der Waals surface area contributed by atoms with Gasteiger partial charge < -0.3 is 9.47 Å². The Morgan fingerprint density at radius 1 is 1.15 bits per heavy atom. The summed E-state index contributed by atoms with van der Waals surface area (Å²) in [5.74, 6) is -2.79. The molecule has 0 N–H and O–H groups in total. The highest BCUT2D eigenvalue weighted by Crippen LogP contribution is 2.35. The van der Waals surface area contributed by atoms with Gasteiger partial charge in [0.15, 0.2) is 5.82 Å². The monoisotopic (exact) mass is 471 g/mol. The van der Waals surface area contributed by atoms with Gasteiger partial charge in [-0.15, -0.1) is 11.3 Å². The molecule has 0 bridgehead atoms. The first kappa shape index (κ1) is 21.3. The molecule has 5 rings (SSSR count). The van der Waals surface area contributed by atoms with Crippen molar-refractivity contribution in [1.29, 1.82) is 0 Å². The maximum Gasteiger partial charge on any atom is 0.264 e. The predicted octanol–water partition coefficient (Wildman–Crippen LogP) is 2.72. The largest absolute Gasteiger partial charge is 0.338 e. The molecule has 170 valence electrons. The number of nitrogens with zero attached hydrogens (tertiary/aromatic N) is 7. The van der Waals surface area contributed by atoms with Crippen molar-refractivity contribution in [1.82, 2.24) is 34.2 Å². The predicted molar refractivity (Wildman–Crippen MR) is 118 cm³/mol. The molecule has 33 heavy (non-hydrogen) atoms. The van der Waals surface area contributed by atoms with Gasteiger partial charge in [0.2, 0.25) is 0 Å². The molecule has 0 saturated carbocycles. The van der Waals surface area contributed by atoms with E-state index in [0.29, 0.717) is 32.2 Å². The number of carbonyl (C=O) groups excluding carboxylic acids is 1. The van der Waals surface area contributed by atoms with Crippen LogP contribution in [0.2, 0.25) is 0 Å². The van der Waals surface area contributed by atoms with Crippen LogP contribution in [0.25, 0.3) is 33.1 Å². The van der Waals surface area contributed by atoms with Crippen LogP contribution in [0, 0.1) is 0 Å². The summed E-state index contributed by atoms with van der Waals surface area (Å²) >= 11 is 1.16. The molecule has 1 saturated heterocycles. The van der Waals surface area contributed by atoms with Crippen LogP contribution in [0.4, 0.5) is 8.78 Å². The standard InChI is InChI=1S/C21H19F2N7O2S/c1-28-11-24-13(10-16(28)31)18-26-17(14-3-6-25-29(14)2)12-9-15(33-19(12)27-18)20(32)30-7-4-21(22,23)5-8-30/h3,6,9-11H,4-5,7-8H2,1-2H3. The Labute approximate surface area is 190 Å². The Kier molecular flexibility index (Phi) is 5.04. The zero-order valence-electron chi connectivity index (χ0n) is 17.8. The van der Waals surface area contributed by atoms with Crippen LogP contribution in [0.1, 0.15) is 22.5 Å². The molecule has 0 spiro atoms. The number of amides is 1. The first-order valence-electron chi connectivity index (χ1n) is 10.2. The second kappa shape index (κ2) is 7.80. The van der Waals surface area contributed by atoms with E-state index in [1.54, 1.807) is 37.1 Å². The van der Waals surface area contributed by atoms with E-state index in [2.05, 4.69) is 20.1 Å². The highest BCUT2D eigenvalue weighted by atomic mass is 32.1. The summed E-state index contributed by atoms with van der Waals surface area (Å²) in [6, 6.07) is 4.83. The van der Waals surface area contributed by atoms with E-state index >= 15 is 0 Å². The topological polar surface area (TPSA) is 98.8 Å². The van der Waals surface area contributed by atoms with Crippen molar-refractivity contribution >= 4 is 27.5 Å². The molecule has 1 aliphatic rings. The molecule has 0 aliphatic carbocycles. The van der Waals surface area contributed by atoms with E-state index in [1.807, 2.05) is 0 Å². The number of piperidine rings is 1. The molecule has 4 aromatic heterocycles. The fraction of sp³-hybridized carbons (Fsp3) is 0.333. The summed E-state index contributed by atoms with van der Waals surface area (Å²) in [7, 11) is 3.36. The fourth-order valence-electron chi connectivity index (χ4n) is 3.72. The van der Waals surface area contributed by atoms with Crippen LogP contribution in [-0.2, 0) is 14.1 Å². The summed E-state index contributed by atoms with van der Waals surface area (Å²) < 4.78 is 30.0. The number of aryl methyl sites for hydroxylation is 2. The van der Waals surface area contributed by atoms with Crippen LogP contribution >= 0.6 is 11.3 Å². The Balaban J connectivity index is 1.62. The smallest absolute Gasteiger partial charge is 0.264 e. The van der Waals surface area contributed by atoms with Crippen molar-refractivity contribution in [2.45, 2.75) is 18.8 Å². The molecule has 0 atom stereocenters. The van der Waals surface area contributed by atoms with E-state index in [-0.39, 0.29) is 43.2 Å². The third kappa shape index (κ3) is 3.90. The lowest BCUT2D eigenvalue weighted by Gasteiger charge is -2.31. The van der Waals surface area contributed by atoms with Crippen LogP contribution in [0.3, 0.4) is 0 Å². The first-order valence-corrected chi connectivity index (χ1v) is 11.0. The first-order chi connectivity index (χ1) is 15.7. The summed E-state index contributed by atoms with van der Waals surface area (Å²) in [5.41, 5.74) is 1.29. The number of carbonyl (C=O) groups is 1. The van der Waals surface area contributed by atoms with Crippen molar-refractivity contribution in [2.24, 2.45) is 14.1 Å². The van der Waals surface area contributed by atoms with E-state index in [4.69, 9.17) is 0 Å². The number of likely N-dealkylation sites (tertiary alicyclic amines) is 1. The minimum Gasteiger partial charge on any atom is -0.338 e.